The highest BCUT2D eigenvalue weighted by Crippen LogP contribution is 2.32. The molecule has 7 nitrogen and oxygen atoms in total. The first-order valence-corrected chi connectivity index (χ1v) is 13.5. The Kier molecular flexibility index (Phi) is 9.59. The van der Waals surface area contributed by atoms with Gasteiger partial charge in [-0.05, 0) is 71.1 Å². The maximum Gasteiger partial charge on any atom is 0.416 e. The first-order chi connectivity index (χ1) is 20.7. The molecular formula is C32H25ClF4N2O5. The normalized spacial score (nSPS) is 12.7. The summed E-state index contributed by atoms with van der Waals surface area (Å²) >= 11 is 5.88. The van der Waals surface area contributed by atoms with E-state index in [9.17, 15) is 42.2 Å². The van der Waals surface area contributed by atoms with E-state index in [0.29, 0.717) is 27.8 Å². The molecular weight excluding hydrogens is 604 g/mol. The Morgan fingerprint density at radius 1 is 0.841 bits per heavy atom. The SMILES string of the molecule is CC(NC(=O)[C@H](Cc1ccc(-c2cccc(C(F)(F)F)c2)cc1)NC(=O)c1cc(-c2ccc(F)c(Cl)c2)ccc1O)C(=O)O. The number of carboxylic acids is 1. The molecule has 44 heavy (non-hydrogen) atoms. The fourth-order valence-electron chi connectivity index (χ4n) is 4.34. The van der Waals surface area contributed by atoms with Crippen molar-refractivity contribution in [3.05, 3.63) is 112 Å². The molecule has 0 saturated heterocycles. The van der Waals surface area contributed by atoms with Crippen molar-refractivity contribution in [3.63, 3.8) is 0 Å². The molecule has 228 valence electrons. The van der Waals surface area contributed by atoms with Gasteiger partial charge in [-0.25, -0.2) is 4.39 Å². The minimum atomic E-state index is -4.51. The first-order valence-electron chi connectivity index (χ1n) is 13.1. The van der Waals surface area contributed by atoms with E-state index in [2.05, 4.69) is 10.6 Å². The molecule has 0 aliphatic heterocycles. The first kappa shape index (κ1) is 32.0. The molecule has 0 aliphatic rings. The Morgan fingerprint density at radius 2 is 1.45 bits per heavy atom. The van der Waals surface area contributed by atoms with Gasteiger partial charge in [0.25, 0.3) is 5.91 Å². The number of hydrogen-bond acceptors (Lipinski definition) is 4. The number of carboxylic acid groups (broad SMARTS) is 1. The summed E-state index contributed by atoms with van der Waals surface area (Å²) in [6, 6.07) is 16.4. The van der Waals surface area contributed by atoms with Gasteiger partial charge in [-0.1, -0.05) is 60.1 Å². The van der Waals surface area contributed by atoms with Gasteiger partial charge in [-0.15, -0.1) is 0 Å². The average molecular weight is 629 g/mol. The summed E-state index contributed by atoms with van der Waals surface area (Å²) in [4.78, 5) is 37.7. The molecule has 2 amide bonds. The number of amides is 2. The number of nitrogens with one attached hydrogen (secondary N) is 2. The third-order valence-electron chi connectivity index (χ3n) is 6.76. The Morgan fingerprint density at radius 3 is 2.09 bits per heavy atom. The Bertz CT molecular complexity index is 1710. The third kappa shape index (κ3) is 7.73. The van der Waals surface area contributed by atoms with E-state index in [4.69, 9.17) is 11.6 Å². The van der Waals surface area contributed by atoms with Crippen LogP contribution in [0.2, 0.25) is 5.02 Å². The Hall–Kier alpha value is -4.90. The van der Waals surface area contributed by atoms with E-state index >= 15 is 0 Å². The van der Waals surface area contributed by atoms with Crippen molar-refractivity contribution in [1.82, 2.24) is 10.6 Å². The molecule has 2 atom stereocenters. The number of hydrogen-bond donors (Lipinski definition) is 4. The van der Waals surface area contributed by atoms with Crippen LogP contribution in [-0.2, 0) is 22.2 Å². The lowest BCUT2D eigenvalue weighted by atomic mass is 9.98. The van der Waals surface area contributed by atoms with Crippen LogP contribution in [0.3, 0.4) is 0 Å². The number of halogens is 5. The van der Waals surface area contributed by atoms with Crippen LogP contribution in [0.25, 0.3) is 22.3 Å². The lowest BCUT2D eigenvalue weighted by Gasteiger charge is -2.21. The number of aliphatic carboxylic acids is 1. The van der Waals surface area contributed by atoms with Crippen molar-refractivity contribution >= 4 is 29.4 Å². The van der Waals surface area contributed by atoms with Gasteiger partial charge in [0.1, 0.15) is 23.7 Å². The van der Waals surface area contributed by atoms with Gasteiger partial charge in [-0.2, -0.15) is 13.2 Å². The smallest absolute Gasteiger partial charge is 0.416 e. The predicted molar refractivity (Wildman–Crippen MR) is 156 cm³/mol. The van der Waals surface area contributed by atoms with Gasteiger partial charge in [0.15, 0.2) is 0 Å². The van der Waals surface area contributed by atoms with E-state index in [1.165, 1.54) is 49.4 Å². The fourth-order valence-corrected chi connectivity index (χ4v) is 4.52. The quantitative estimate of drug-likeness (QED) is 0.159. The van der Waals surface area contributed by atoms with Crippen LogP contribution in [0.1, 0.15) is 28.4 Å². The van der Waals surface area contributed by atoms with Gasteiger partial charge in [-0.3, -0.25) is 14.4 Å². The highest BCUT2D eigenvalue weighted by atomic mass is 35.5. The van der Waals surface area contributed by atoms with Gasteiger partial charge in [0.2, 0.25) is 5.91 Å². The molecule has 4 aromatic carbocycles. The average Bonchev–Trinajstić information content (AvgIpc) is 2.98. The molecule has 0 spiro atoms. The molecule has 0 fully saturated rings. The number of phenolic OH excluding ortho intramolecular Hbond substituents is 1. The number of benzene rings is 4. The molecule has 0 saturated carbocycles. The third-order valence-corrected chi connectivity index (χ3v) is 7.05. The largest absolute Gasteiger partial charge is 0.507 e. The van der Waals surface area contributed by atoms with Crippen molar-refractivity contribution in [2.75, 3.05) is 0 Å². The van der Waals surface area contributed by atoms with Crippen molar-refractivity contribution in [2.24, 2.45) is 0 Å². The number of rotatable bonds is 9. The van der Waals surface area contributed by atoms with E-state index in [-0.39, 0.29) is 17.0 Å². The minimum absolute atomic E-state index is 0.124. The Balaban J connectivity index is 1.60. The summed E-state index contributed by atoms with van der Waals surface area (Å²) in [6.45, 7) is 1.24. The number of aromatic hydroxyl groups is 1. The van der Waals surface area contributed by atoms with Crippen LogP contribution in [0.15, 0.2) is 84.9 Å². The van der Waals surface area contributed by atoms with E-state index in [1.54, 1.807) is 24.3 Å². The standard InChI is InChI=1S/C32H25ClF4N2O5/c1-17(31(43)44)38-30(42)27(13-18-5-7-19(8-6-18)20-3-2-4-23(14-20)32(35,36)37)39-29(41)24-15-21(10-12-28(24)40)22-9-11-26(34)25(33)16-22/h2-12,14-17,27,40H,13H2,1H3,(H,38,42)(H,39,41)(H,43,44)/t17?,27-/m0/s1. The second kappa shape index (κ2) is 13.2. The second-order valence-corrected chi connectivity index (χ2v) is 10.3. The van der Waals surface area contributed by atoms with Crippen LogP contribution >= 0.6 is 11.6 Å². The molecule has 1 unspecified atom stereocenters. The summed E-state index contributed by atoms with van der Waals surface area (Å²) in [5.41, 5.74) is 1.15. The van der Waals surface area contributed by atoms with Crippen LogP contribution in [-0.4, -0.2) is 40.1 Å². The van der Waals surface area contributed by atoms with Crippen molar-refractivity contribution in [2.45, 2.75) is 31.6 Å². The zero-order valence-electron chi connectivity index (χ0n) is 23.0. The molecule has 0 bridgehead atoms. The number of carbonyl (C=O) groups is 3. The highest BCUT2D eigenvalue weighted by molar-refractivity contribution is 6.31. The summed E-state index contributed by atoms with van der Waals surface area (Å²) < 4.78 is 53.1. The molecule has 0 radical (unpaired) electrons. The zero-order chi connectivity index (χ0) is 32.2. The summed E-state index contributed by atoms with van der Waals surface area (Å²) in [5.74, 6) is -4.04. The van der Waals surface area contributed by atoms with E-state index in [0.717, 1.165) is 18.2 Å². The van der Waals surface area contributed by atoms with E-state index in [1.807, 2.05) is 0 Å². The summed E-state index contributed by atoms with van der Waals surface area (Å²) in [5, 5.41) is 24.3. The summed E-state index contributed by atoms with van der Waals surface area (Å²) in [7, 11) is 0. The second-order valence-electron chi connectivity index (χ2n) is 9.93. The lowest BCUT2D eigenvalue weighted by Crippen LogP contribution is -2.51. The monoisotopic (exact) mass is 628 g/mol. The van der Waals surface area contributed by atoms with Crippen LogP contribution in [0, 0.1) is 5.82 Å². The molecule has 0 aromatic heterocycles. The fraction of sp³-hybridized carbons (Fsp3) is 0.156. The molecule has 0 heterocycles. The van der Waals surface area contributed by atoms with Crippen molar-refractivity contribution in [1.29, 1.82) is 0 Å². The number of phenols is 1. The maximum absolute atomic E-state index is 13.6. The summed E-state index contributed by atoms with van der Waals surface area (Å²) in [6.07, 6.45) is -4.64. The number of carbonyl (C=O) groups excluding carboxylic acids is 2. The van der Waals surface area contributed by atoms with Crippen LogP contribution in [0.5, 0.6) is 5.75 Å². The van der Waals surface area contributed by atoms with Gasteiger partial charge >= 0.3 is 12.1 Å². The van der Waals surface area contributed by atoms with Gasteiger partial charge < -0.3 is 20.8 Å². The molecule has 12 heteroatoms. The topological polar surface area (TPSA) is 116 Å². The molecule has 4 N–H and O–H groups in total. The Labute approximate surface area is 254 Å². The van der Waals surface area contributed by atoms with Gasteiger partial charge in [0, 0.05) is 6.42 Å². The zero-order valence-corrected chi connectivity index (χ0v) is 23.7. The maximum atomic E-state index is 13.6. The predicted octanol–water partition coefficient (Wildman–Crippen LogP) is 6.47. The molecule has 0 aliphatic carbocycles. The van der Waals surface area contributed by atoms with E-state index < -0.39 is 53.2 Å². The molecule has 4 rings (SSSR count). The molecule has 4 aromatic rings. The number of alkyl halides is 3. The van der Waals surface area contributed by atoms with Crippen molar-refractivity contribution < 1.29 is 42.2 Å². The van der Waals surface area contributed by atoms with Crippen LogP contribution < -0.4 is 10.6 Å². The highest BCUT2D eigenvalue weighted by Gasteiger charge is 2.30. The van der Waals surface area contributed by atoms with Gasteiger partial charge in [0.05, 0.1) is 16.1 Å². The van der Waals surface area contributed by atoms with Crippen LogP contribution in [0.4, 0.5) is 17.6 Å². The van der Waals surface area contributed by atoms with Crippen molar-refractivity contribution in [3.8, 4) is 28.0 Å². The minimum Gasteiger partial charge on any atom is -0.507 e. The lowest BCUT2D eigenvalue weighted by molar-refractivity contribution is -0.141.